The molecule has 1 aromatic rings. The maximum absolute atomic E-state index is 11.8. The summed E-state index contributed by atoms with van der Waals surface area (Å²) in [6.07, 6.45) is 2.18. The predicted octanol–water partition coefficient (Wildman–Crippen LogP) is 1.82. The molecule has 0 aromatic heterocycles. The van der Waals surface area contributed by atoms with Crippen molar-refractivity contribution < 1.29 is 19.1 Å². The summed E-state index contributed by atoms with van der Waals surface area (Å²) < 4.78 is 10.5. The number of esters is 2. The highest BCUT2D eigenvalue weighted by Crippen LogP contribution is 2.30. The van der Waals surface area contributed by atoms with Crippen LogP contribution in [-0.4, -0.2) is 27.4 Å². The Morgan fingerprint density at radius 3 is 2.05 bits per heavy atom. The van der Waals surface area contributed by atoms with Gasteiger partial charge in [-0.3, -0.25) is 0 Å². The summed E-state index contributed by atoms with van der Waals surface area (Å²) in [6.45, 7) is 7.94. The summed E-state index contributed by atoms with van der Waals surface area (Å²) in [5.74, 6) is -0.709. The number of carbonyl (C=O) groups excluding carboxylic acids is 2. The molecule has 0 amide bonds. The highest BCUT2D eigenvalue weighted by atomic mass is 28.1. The average Bonchev–Trinajstić information content (AvgIpc) is 2.36. The molecule has 1 unspecified atom stereocenters. The molecule has 0 spiro atoms. The zero-order valence-electron chi connectivity index (χ0n) is 13.2. The first-order valence-corrected chi connectivity index (χ1v) is 7.80. The van der Waals surface area contributed by atoms with Crippen LogP contribution >= 0.6 is 0 Å². The van der Waals surface area contributed by atoms with Gasteiger partial charge in [0.05, 0.1) is 15.5 Å². The molecule has 0 heterocycles. The van der Waals surface area contributed by atoms with E-state index in [2.05, 4.69) is 0 Å². The molecule has 0 aliphatic rings. The van der Waals surface area contributed by atoms with Crippen molar-refractivity contribution in [1.29, 1.82) is 0 Å². The normalized spacial score (nSPS) is 14.7. The Kier molecular flexibility index (Phi) is 5.49. The molecule has 0 aliphatic heterocycles. The van der Waals surface area contributed by atoms with Crippen LogP contribution in [0.15, 0.2) is 42.5 Å². The molecular weight excluding hydrogens is 284 g/mol. The van der Waals surface area contributed by atoms with Crippen LogP contribution < -0.4 is 4.74 Å². The van der Waals surface area contributed by atoms with E-state index < -0.39 is 17.2 Å². The second-order valence-corrected chi connectivity index (χ2v) is 8.16. The van der Waals surface area contributed by atoms with Gasteiger partial charge in [-0.1, -0.05) is 39.0 Å². The Morgan fingerprint density at radius 2 is 1.52 bits per heavy atom. The van der Waals surface area contributed by atoms with Gasteiger partial charge >= 0.3 is 11.9 Å². The number of ether oxygens (including phenoxy) is 2. The summed E-state index contributed by atoms with van der Waals surface area (Å²) in [6, 6.07) is 8.67. The Hall–Kier alpha value is -1.88. The molecule has 114 valence electrons. The van der Waals surface area contributed by atoms with E-state index in [0.29, 0.717) is 16.0 Å². The molecule has 0 bridgehead atoms. The number of para-hydroxylation sites is 1. The van der Waals surface area contributed by atoms with Crippen molar-refractivity contribution in [2.24, 2.45) is 5.41 Å². The van der Waals surface area contributed by atoms with E-state index in [9.17, 15) is 9.59 Å². The van der Waals surface area contributed by atoms with Crippen LogP contribution in [0.2, 0.25) is 0 Å². The van der Waals surface area contributed by atoms with E-state index in [1.807, 2.05) is 33.8 Å². The highest BCUT2D eigenvalue weighted by molar-refractivity contribution is 6.15. The maximum Gasteiger partial charge on any atom is 0.336 e. The minimum absolute atomic E-state index is 0.146. The van der Waals surface area contributed by atoms with E-state index in [1.165, 1.54) is 0 Å². The first-order valence-electron chi connectivity index (χ1n) is 6.80. The zero-order chi connectivity index (χ0) is 16.1. The second-order valence-electron chi connectivity index (χ2n) is 6.25. The summed E-state index contributed by atoms with van der Waals surface area (Å²) >= 11 is 0. The minimum atomic E-state index is -0.607. The van der Waals surface area contributed by atoms with Crippen LogP contribution in [0.4, 0.5) is 0 Å². The smallest absolute Gasteiger partial charge is 0.336 e. The van der Waals surface area contributed by atoms with E-state index >= 15 is 0 Å². The van der Waals surface area contributed by atoms with Crippen molar-refractivity contribution >= 4 is 22.2 Å². The number of hydrogen-bond donors (Lipinski definition) is 0. The number of carbonyl (C=O) groups is 2. The molecule has 1 rings (SSSR count). The van der Waals surface area contributed by atoms with E-state index in [-0.39, 0.29) is 5.41 Å². The molecule has 1 atom stereocenters. The second kappa shape index (κ2) is 6.71. The van der Waals surface area contributed by atoms with Gasteiger partial charge in [0.2, 0.25) is 0 Å². The average molecular weight is 306 g/mol. The van der Waals surface area contributed by atoms with E-state index in [1.54, 1.807) is 24.3 Å². The van der Waals surface area contributed by atoms with Crippen molar-refractivity contribution in [3.8, 4) is 5.75 Å². The molecule has 0 saturated heterocycles. The first-order chi connectivity index (χ1) is 9.62. The highest BCUT2D eigenvalue weighted by Gasteiger charge is 2.35. The summed E-state index contributed by atoms with van der Waals surface area (Å²) in [5.41, 5.74) is -0.146. The fourth-order valence-corrected chi connectivity index (χ4v) is 1.41. The van der Waals surface area contributed by atoms with Crippen molar-refractivity contribution in [3.63, 3.8) is 0 Å². The van der Waals surface area contributed by atoms with E-state index in [0.717, 1.165) is 12.2 Å². The van der Waals surface area contributed by atoms with Crippen molar-refractivity contribution in [2.45, 2.75) is 32.9 Å². The number of rotatable bonds is 4. The van der Waals surface area contributed by atoms with Gasteiger partial charge in [0.25, 0.3) is 0 Å². The molecule has 0 radical (unpaired) electrons. The molecule has 0 aliphatic carbocycles. The largest absolute Gasteiger partial charge is 0.461 e. The molecule has 21 heavy (non-hydrogen) atoms. The quantitative estimate of drug-likeness (QED) is 0.368. The fraction of sp³-hybridized carbons (Fsp3) is 0.375. The van der Waals surface area contributed by atoms with Gasteiger partial charge in [-0.05, 0) is 24.5 Å². The Morgan fingerprint density at radius 1 is 1.00 bits per heavy atom. The fourth-order valence-electron chi connectivity index (χ4n) is 1.21. The van der Waals surface area contributed by atoms with Crippen LogP contribution in [-0.2, 0) is 14.3 Å². The topological polar surface area (TPSA) is 52.6 Å². The van der Waals surface area contributed by atoms with Crippen LogP contribution in [0.3, 0.4) is 0 Å². The van der Waals surface area contributed by atoms with Crippen LogP contribution in [0.25, 0.3) is 0 Å². The minimum Gasteiger partial charge on any atom is -0.461 e. The first kappa shape index (κ1) is 17.2. The molecule has 5 heteroatoms. The number of benzene rings is 1. The van der Waals surface area contributed by atoms with Crippen LogP contribution in [0.1, 0.15) is 27.7 Å². The SMILES string of the molecule is CC(C)(C)C(C)([SiH3])OC(=O)C=CC(=O)Oc1ccccc1. The molecule has 0 N–H and O–H groups in total. The summed E-state index contributed by atoms with van der Waals surface area (Å²) in [5, 5.41) is -0.502. The van der Waals surface area contributed by atoms with Gasteiger partial charge in [0.1, 0.15) is 5.75 Å². The molecule has 4 nitrogen and oxygen atoms in total. The van der Waals surface area contributed by atoms with Gasteiger partial charge in [-0.25, -0.2) is 9.59 Å². The van der Waals surface area contributed by atoms with Crippen molar-refractivity contribution in [3.05, 3.63) is 42.5 Å². The van der Waals surface area contributed by atoms with Gasteiger partial charge in [0, 0.05) is 12.2 Å². The van der Waals surface area contributed by atoms with Gasteiger partial charge in [-0.15, -0.1) is 0 Å². The molecule has 0 fully saturated rings. The summed E-state index contributed by atoms with van der Waals surface area (Å²) in [4.78, 5) is 23.3. The third-order valence-electron chi connectivity index (χ3n) is 3.48. The zero-order valence-corrected chi connectivity index (χ0v) is 15.2. The lowest BCUT2D eigenvalue weighted by atomic mass is 9.89. The third kappa shape index (κ3) is 5.55. The Labute approximate surface area is 128 Å². The molecule has 1 aromatic carbocycles. The predicted molar refractivity (Wildman–Crippen MR) is 85.1 cm³/mol. The van der Waals surface area contributed by atoms with Crippen LogP contribution in [0, 0.1) is 5.41 Å². The monoisotopic (exact) mass is 306 g/mol. The maximum atomic E-state index is 11.8. The van der Waals surface area contributed by atoms with Gasteiger partial charge in [0.15, 0.2) is 0 Å². The molecule has 0 saturated carbocycles. The Balaban J connectivity index is 2.57. The van der Waals surface area contributed by atoms with Crippen molar-refractivity contribution in [1.82, 2.24) is 0 Å². The Bertz CT molecular complexity index is 527. The van der Waals surface area contributed by atoms with Crippen LogP contribution in [0.5, 0.6) is 5.75 Å². The molecular formula is C16H22O4Si. The third-order valence-corrected chi connectivity index (χ3v) is 5.18. The van der Waals surface area contributed by atoms with Gasteiger partial charge in [-0.2, -0.15) is 0 Å². The van der Waals surface area contributed by atoms with Gasteiger partial charge < -0.3 is 9.47 Å². The van der Waals surface area contributed by atoms with E-state index in [4.69, 9.17) is 9.47 Å². The lowest BCUT2D eigenvalue weighted by Gasteiger charge is -2.37. The lowest BCUT2D eigenvalue weighted by molar-refractivity contribution is -0.152. The number of hydrogen-bond acceptors (Lipinski definition) is 4. The lowest BCUT2D eigenvalue weighted by Crippen LogP contribution is -2.44. The van der Waals surface area contributed by atoms with Crippen molar-refractivity contribution in [2.75, 3.05) is 0 Å². The standard InChI is InChI=1S/C16H22O4Si/c1-15(2,3)16(4,21)20-14(18)11-10-13(17)19-12-8-6-5-7-9-12/h5-11H,1-4,21H3. The summed E-state index contributed by atoms with van der Waals surface area (Å²) in [7, 11) is 0.696.